The van der Waals surface area contributed by atoms with E-state index in [0.29, 0.717) is 5.01 Å². The highest BCUT2D eigenvalue weighted by atomic mass is 32.1. The molecular weight excluding hydrogens is 240 g/mol. The van der Waals surface area contributed by atoms with E-state index in [4.69, 9.17) is 4.74 Å². The van der Waals surface area contributed by atoms with Crippen LogP contribution in [0.5, 0.6) is 0 Å². The Kier molecular flexibility index (Phi) is 4.22. The Morgan fingerprint density at radius 2 is 2.12 bits per heavy atom. The number of ether oxygens (including phenoxy) is 1. The minimum absolute atomic E-state index is 0.217. The molecule has 1 atom stereocenters. The summed E-state index contributed by atoms with van der Waals surface area (Å²) in [5.74, 6) is -0.217. The van der Waals surface area contributed by atoms with Crippen LogP contribution in [-0.2, 0) is 4.74 Å². The van der Waals surface area contributed by atoms with Crippen LogP contribution in [-0.4, -0.2) is 28.5 Å². The number of amides is 1. The van der Waals surface area contributed by atoms with Crippen molar-refractivity contribution in [3.8, 4) is 0 Å². The number of nitrogens with one attached hydrogen (secondary N) is 1. The van der Waals surface area contributed by atoms with Crippen LogP contribution in [0.15, 0.2) is 11.6 Å². The fraction of sp³-hybridized carbons (Fsp3) is 0.545. The third kappa shape index (κ3) is 4.52. The number of ketones is 1. The minimum atomic E-state index is -0.643. The Morgan fingerprint density at radius 3 is 2.59 bits per heavy atom. The molecule has 0 bridgehead atoms. The zero-order chi connectivity index (χ0) is 13.1. The van der Waals surface area contributed by atoms with E-state index in [2.05, 4.69) is 10.3 Å². The quantitative estimate of drug-likeness (QED) is 0.842. The van der Waals surface area contributed by atoms with Gasteiger partial charge in [-0.3, -0.25) is 4.79 Å². The molecule has 0 unspecified atom stereocenters. The van der Waals surface area contributed by atoms with Gasteiger partial charge < -0.3 is 10.1 Å². The van der Waals surface area contributed by atoms with Crippen LogP contribution in [0.3, 0.4) is 0 Å². The lowest BCUT2D eigenvalue weighted by Gasteiger charge is -2.21. The van der Waals surface area contributed by atoms with Crippen molar-refractivity contribution in [2.75, 3.05) is 0 Å². The molecule has 1 aromatic rings. The third-order valence-electron chi connectivity index (χ3n) is 1.77. The average Bonchev–Trinajstić information content (AvgIpc) is 2.65. The molecule has 0 aliphatic carbocycles. The third-order valence-corrected chi connectivity index (χ3v) is 2.56. The lowest BCUT2D eigenvalue weighted by atomic mass is 10.2. The highest BCUT2D eigenvalue weighted by Crippen LogP contribution is 2.09. The first-order valence-electron chi connectivity index (χ1n) is 5.23. The summed E-state index contributed by atoms with van der Waals surface area (Å²) in [6, 6.07) is -0.643. The number of hydrogen-bond acceptors (Lipinski definition) is 5. The van der Waals surface area contributed by atoms with Gasteiger partial charge in [0.1, 0.15) is 5.60 Å². The van der Waals surface area contributed by atoms with E-state index >= 15 is 0 Å². The zero-order valence-electron chi connectivity index (χ0n) is 10.3. The SMILES string of the molecule is C[C@H](NC(=O)OC(C)(C)C)C(=O)c1nccs1. The number of hydrogen-bond donors (Lipinski definition) is 1. The van der Waals surface area contributed by atoms with Gasteiger partial charge in [0, 0.05) is 11.6 Å². The highest BCUT2D eigenvalue weighted by molar-refractivity contribution is 7.11. The molecule has 1 heterocycles. The molecule has 6 heteroatoms. The lowest BCUT2D eigenvalue weighted by Crippen LogP contribution is -2.41. The number of thiazole rings is 1. The second-order valence-electron chi connectivity index (χ2n) is 4.57. The van der Waals surface area contributed by atoms with Gasteiger partial charge in [-0.2, -0.15) is 0 Å². The molecule has 1 aromatic heterocycles. The van der Waals surface area contributed by atoms with Gasteiger partial charge in [-0.15, -0.1) is 11.3 Å². The summed E-state index contributed by atoms with van der Waals surface area (Å²) in [4.78, 5) is 27.1. The van der Waals surface area contributed by atoms with Crippen LogP contribution in [0.4, 0.5) is 4.79 Å². The van der Waals surface area contributed by atoms with Gasteiger partial charge in [0.25, 0.3) is 0 Å². The smallest absolute Gasteiger partial charge is 0.408 e. The molecule has 94 valence electrons. The first-order valence-corrected chi connectivity index (χ1v) is 6.11. The number of carbonyl (C=O) groups is 2. The van der Waals surface area contributed by atoms with Crippen molar-refractivity contribution in [2.24, 2.45) is 0 Å². The van der Waals surface area contributed by atoms with Gasteiger partial charge in [0.2, 0.25) is 5.78 Å². The summed E-state index contributed by atoms with van der Waals surface area (Å²) in [7, 11) is 0. The maximum Gasteiger partial charge on any atom is 0.408 e. The normalized spacial score (nSPS) is 12.9. The predicted octanol–water partition coefficient (Wildman–Crippen LogP) is 2.24. The van der Waals surface area contributed by atoms with Gasteiger partial charge >= 0.3 is 6.09 Å². The van der Waals surface area contributed by atoms with E-state index in [1.807, 2.05) is 0 Å². The van der Waals surface area contributed by atoms with Crippen molar-refractivity contribution in [1.29, 1.82) is 0 Å². The molecule has 0 fully saturated rings. The molecule has 0 radical (unpaired) electrons. The van der Waals surface area contributed by atoms with Crippen LogP contribution < -0.4 is 5.32 Å². The van der Waals surface area contributed by atoms with Crippen LogP contribution in [0.2, 0.25) is 0 Å². The van der Waals surface area contributed by atoms with Gasteiger partial charge in [-0.05, 0) is 27.7 Å². The zero-order valence-corrected chi connectivity index (χ0v) is 11.1. The molecule has 1 amide bonds. The molecule has 1 N–H and O–H groups in total. The second-order valence-corrected chi connectivity index (χ2v) is 5.46. The number of rotatable bonds is 3. The molecule has 0 saturated heterocycles. The Hall–Kier alpha value is -1.43. The van der Waals surface area contributed by atoms with Crippen molar-refractivity contribution in [2.45, 2.75) is 39.3 Å². The topological polar surface area (TPSA) is 68.3 Å². The Labute approximate surface area is 104 Å². The Bertz CT molecular complexity index is 395. The first kappa shape index (κ1) is 13.6. The molecular formula is C11H16N2O3S. The van der Waals surface area contributed by atoms with Crippen LogP contribution in [0.25, 0.3) is 0 Å². The monoisotopic (exact) mass is 256 g/mol. The highest BCUT2D eigenvalue weighted by Gasteiger charge is 2.22. The lowest BCUT2D eigenvalue weighted by molar-refractivity contribution is 0.0497. The fourth-order valence-corrected chi connectivity index (χ4v) is 1.75. The van der Waals surface area contributed by atoms with E-state index in [1.165, 1.54) is 11.3 Å². The van der Waals surface area contributed by atoms with E-state index in [0.717, 1.165) is 0 Å². The van der Waals surface area contributed by atoms with E-state index in [-0.39, 0.29) is 5.78 Å². The summed E-state index contributed by atoms with van der Waals surface area (Å²) in [6.45, 7) is 6.90. The Balaban J connectivity index is 2.52. The van der Waals surface area contributed by atoms with Crippen molar-refractivity contribution in [3.05, 3.63) is 16.6 Å². The molecule has 0 aliphatic rings. The standard InChI is InChI=1S/C11H16N2O3S/c1-7(8(14)9-12-5-6-17-9)13-10(15)16-11(2,3)4/h5-7H,1-4H3,(H,13,15)/t7-/m0/s1. The number of nitrogens with zero attached hydrogens (tertiary/aromatic N) is 1. The van der Waals surface area contributed by atoms with E-state index in [1.54, 1.807) is 39.3 Å². The number of carbonyl (C=O) groups excluding carboxylic acids is 2. The van der Waals surface area contributed by atoms with Gasteiger partial charge in [-0.1, -0.05) is 0 Å². The van der Waals surface area contributed by atoms with Gasteiger partial charge in [0.05, 0.1) is 6.04 Å². The van der Waals surface area contributed by atoms with E-state index in [9.17, 15) is 9.59 Å². The molecule has 5 nitrogen and oxygen atoms in total. The summed E-state index contributed by atoms with van der Waals surface area (Å²) in [5.41, 5.74) is -0.575. The molecule has 17 heavy (non-hydrogen) atoms. The summed E-state index contributed by atoms with van der Waals surface area (Å²) in [6.07, 6.45) is 0.952. The van der Waals surface area contributed by atoms with Crippen LogP contribution in [0.1, 0.15) is 37.5 Å². The molecule has 0 aliphatic heterocycles. The van der Waals surface area contributed by atoms with Gasteiger partial charge in [0.15, 0.2) is 5.01 Å². The average molecular weight is 256 g/mol. The maximum atomic E-state index is 11.8. The molecule has 1 rings (SSSR count). The summed E-state index contributed by atoms with van der Waals surface area (Å²) >= 11 is 1.25. The minimum Gasteiger partial charge on any atom is -0.444 e. The van der Waals surface area contributed by atoms with Crippen LogP contribution >= 0.6 is 11.3 Å². The maximum absolute atomic E-state index is 11.8. The number of alkyl carbamates (subject to hydrolysis) is 1. The predicted molar refractivity (Wildman–Crippen MR) is 65.3 cm³/mol. The fourth-order valence-electron chi connectivity index (χ4n) is 1.08. The molecule has 0 spiro atoms. The molecule has 0 aromatic carbocycles. The van der Waals surface area contributed by atoms with Crippen molar-refractivity contribution in [3.63, 3.8) is 0 Å². The van der Waals surface area contributed by atoms with Crippen LogP contribution in [0, 0.1) is 0 Å². The van der Waals surface area contributed by atoms with Gasteiger partial charge in [-0.25, -0.2) is 9.78 Å². The first-order chi connectivity index (χ1) is 7.79. The number of Topliss-reactive ketones (excluding diaryl/α,β-unsaturated/α-hetero) is 1. The van der Waals surface area contributed by atoms with Crippen molar-refractivity contribution >= 4 is 23.2 Å². The summed E-state index contributed by atoms with van der Waals surface area (Å²) < 4.78 is 5.06. The second kappa shape index (κ2) is 5.27. The van der Waals surface area contributed by atoms with E-state index < -0.39 is 17.7 Å². The Morgan fingerprint density at radius 1 is 1.47 bits per heavy atom. The largest absolute Gasteiger partial charge is 0.444 e. The number of aromatic nitrogens is 1. The van der Waals surface area contributed by atoms with Crippen molar-refractivity contribution < 1.29 is 14.3 Å². The summed E-state index contributed by atoms with van der Waals surface area (Å²) in [5, 5.41) is 4.58. The van der Waals surface area contributed by atoms with Crippen molar-refractivity contribution in [1.82, 2.24) is 10.3 Å². The molecule has 0 saturated carbocycles.